The molecule has 0 atom stereocenters. The number of hydrogen-bond acceptors (Lipinski definition) is 2. The van der Waals surface area contributed by atoms with Crippen LogP contribution >= 0.6 is 0 Å². The summed E-state index contributed by atoms with van der Waals surface area (Å²) in [4.78, 5) is 2.34. The molecule has 9 aromatic carbocycles. The molecule has 0 aliphatic heterocycles. The summed E-state index contributed by atoms with van der Waals surface area (Å²) in [5, 5.41) is 4.68. The van der Waals surface area contributed by atoms with E-state index in [0.717, 1.165) is 55.8 Å². The number of nitrogens with zero attached hydrogens (tertiary/aromatic N) is 2. The number of benzene rings is 9. The molecule has 0 aliphatic rings. The lowest BCUT2D eigenvalue weighted by molar-refractivity contribution is 0.669. The Morgan fingerprint density at radius 3 is 1.61 bits per heavy atom. The van der Waals surface area contributed by atoms with Crippen molar-refractivity contribution in [1.82, 2.24) is 4.57 Å². The number of rotatable bonds is 7. The SMILES string of the molecule is c1ccc(-c2ccc(-c3ccc(N(c4ccc5c(c4)oc4ccccc45)c4ccc5c6ccccc6n(-c6ccccc6)c5c4)cc3)cc2-c2ccccc2)cc1. The summed E-state index contributed by atoms with van der Waals surface area (Å²) >= 11 is 0. The van der Waals surface area contributed by atoms with Gasteiger partial charge in [0.2, 0.25) is 0 Å². The number of hydrogen-bond donors (Lipinski definition) is 0. The van der Waals surface area contributed by atoms with Gasteiger partial charge in [-0.25, -0.2) is 0 Å². The van der Waals surface area contributed by atoms with Gasteiger partial charge in [0.25, 0.3) is 0 Å². The van der Waals surface area contributed by atoms with Crippen molar-refractivity contribution in [2.75, 3.05) is 4.90 Å². The molecule has 0 N–H and O–H groups in total. The van der Waals surface area contributed by atoms with E-state index in [1.54, 1.807) is 0 Å². The highest BCUT2D eigenvalue weighted by molar-refractivity contribution is 6.11. The maximum Gasteiger partial charge on any atom is 0.137 e. The van der Waals surface area contributed by atoms with Crippen molar-refractivity contribution < 1.29 is 4.42 Å². The third-order valence-corrected chi connectivity index (χ3v) is 11.2. The Hall–Kier alpha value is -7.62. The van der Waals surface area contributed by atoms with Gasteiger partial charge in [0.15, 0.2) is 0 Å². The summed E-state index contributed by atoms with van der Waals surface area (Å²) < 4.78 is 8.81. The quantitative estimate of drug-likeness (QED) is 0.163. The highest BCUT2D eigenvalue weighted by atomic mass is 16.3. The van der Waals surface area contributed by atoms with Crippen LogP contribution in [0.5, 0.6) is 0 Å². The molecule has 3 heteroatoms. The highest BCUT2D eigenvalue weighted by Gasteiger charge is 2.19. The minimum atomic E-state index is 0.863. The average Bonchev–Trinajstić information content (AvgIpc) is 3.82. The standard InChI is InChI=1S/C54H36N2O/c1-4-14-38(15-5-1)45-31-26-40(34-50(45)39-16-6-2-7-17-39)37-24-27-42(28-25-37)55(44-30-33-49-48-21-11-13-23-53(48)57-54(49)36-44)43-29-32-47-46-20-10-12-22-51(46)56(52(47)35-43)41-18-8-3-9-19-41/h1-36H. The van der Waals surface area contributed by atoms with Crippen LogP contribution in [0.4, 0.5) is 17.1 Å². The summed E-state index contributed by atoms with van der Waals surface area (Å²) in [5.74, 6) is 0. The molecule has 0 spiro atoms. The zero-order valence-corrected chi connectivity index (χ0v) is 31.1. The van der Waals surface area contributed by atoms with E-state index in [2.05, 4.69) is 216 Å². The maximum absolute atomic E-state index is 6.44. The third-order valence-electron chi connectivity index (χ3n) is 11.2. The van der Waals surface area contributed by atoms with Gasteiger partial charge in [0.1, 0.15) is 11.2 Å². The number of fused-ring (bicyclic) bond motifs is 6. The van der Waals surface area contributed by atoms with Gasteiger partial charge in [0, 0.05) is 50.4 Å². The normalized spacial score (nSPS) is 11.5. The molecular formula is C54H36N2O. The van der Waals surface area contributed by atoms with Gasteiger partial charge in [-0.05, 0) is 100 Å². The van der Waals surface area contributed by atoms with Crippen LogP contribution in [0.15, 0.2) is 223 Å². The smallest absolute Gasteiger partial charge is 0.137 e. The second kappa shape index (κ2) is 13.6. The molecule has 11 aromatic rings. The van der Waals surface area contributed by atoms with Crippen LogP contribution in [-0.2, 0) is 0 Å². The first-order chi connectivity index (χ1) is 28.3. The Morgan fingerprint density at radius 2 is 0.860 bits per heavy atom. The van der Waals surface area contributed by atoms with Crippen molar-refractivity contribution in [2.45, 2.75) is 0 Å². The zero-order chi connectivity index (χ0) is 37.7. The Morgan fingerprint density at radius 1 is 0.316 bits per heavy atom. The van der Waals surface area contributed by atoms with Gasteiger partial charge in [-0.2, -0.15) is 0 Å². The minimum absolute atomic E-state index is 0.863. The lowest BCUT2D eigenvalue weighted by atomic mass is 9.91. The van der Waals surface area contributed by atoms with Gasteiger partial charge in [-0.3, -0.25) is 0 Å². The first-order valence-corrected chi connectivity index (χ1v) is 19.4. The lowest BCUT2D eigenvalue weighted by Crippen LogP contribution is -2.10. The Kier molecular flexibility index (Phi) is 7.82. The molecule has 0 unspecified atom stereocenters. The molecular weight excluding hydrogens is 693 g/mol. The molecule has 0 fully saturated rings. The molecule has 268 valence electrons. The lowest BCUT2D eigenvalue weighted by Gasteiger charge is -2.26. The van der Waals surface area contributed by atoms with Crippen molar-refractivity contribution in [3.63, 3.8) is 0 Å². The second-order valence-corrected chi connectivity index (χ2v) is 14.5. The maximum atomic E-state index is 6.44. The summed E-state index contributed by atoms with van der Waals surface area (Å²) in [6, 6.07) is 78.1. The molecule has 2 aromatic heterocycles. The number of aromatic nitrogens is 1. The van der Waals surface area contributed by atoms with Crippen LogP contribution in [0, 0.1) is 0 Å². The number of para-hydroxylation sites is 3. The Balaban J connectivity index is 1.07. The van der Waals surface area contributed by atoms with Gasteiger partial charge in [-0.15, -0.1) is 0 Å². The van der Waals surface area contributed by atoms with E-state index in [1.807, 2.05) is 12.1 Å². The summed E-state index contributed by atoms with van der Waals surface area (Å²) in [5.41, 5.74) is 15.5. The second-order valence-electron chi connectivity index (χ2n) is 14.5. The average molecular weight is 729 g/mol. The monoisotopic (exact) mass is 728 g/mol. The fourth-order valence-electron chi connectivity index (χ4n) is 8.51. The van der Waals surface area contributed by atoms with E-state index in [1.165, 1.54) is 44.1 Å². The highest BCUT2D eigenvalue weighted by Crippen LogP contribution is 2.43. The van der Waals surface area contributed by atoms with Crippen molar-refractivity contribution in [3.8, 4) is 39.1 Å². The van der Waals surface area contributed by atoms with Crippen molar-refractivity contribution >= 4 is 60.8 Å². The van der Waals surface area contributed by atoms with Crippen LogP contribution < -0.4 is 4.90 Å². The van der Waals surface area contributed by atoms with Crippen molar-refractivity contribution in [3.05, 3.63) is 218 Å². The molecule has 0 radical (unpaired) electrons. The minimum Gasteiger partial charge on any atom is -0.456 e. The number of furan rings is 1. The van der Waals surface area contributed by atoms with E-state index < -0.39 is 0 Å². The van der Waals surface area contributed by atoms with Crippen LogP contribution in [0.25, 0.3) is 82.8 Å². The van der Waals surface area contributed by atoms with Crippen molar-refractivity contribution in [2.24, 2.45) is 0 Å². The Bertz CT molecular complexity index is 3220. The largest absolute Gasteiger partial charge is 0.456 e. The fourth-order valence-corrected chi connectivity index (χ4v) is 8.51. The van der Waals surface area contributed by atoms with Crippen LogP contribution in [-0.4, -0.2) is 4.57 Å². The van der Waals surface area contributed by atoms with E-state index in [-0.39, 0.29) is 0 Å². The fraction of sp³-hybridized carbons (Fsp3) is 0. The summed E-state index contributed by atoms with van der Waals surface area (Å²) in [7, 11) is 0. The van der Waals surface area contributed by atoms with E-state index in [0.29, 0.717) is 0 Å². The van der Waals surface area contributed by atoms with Gasteiger partial charge >= 0.3 is 0 Å². The Labute approximate surface area is 330 Å². The molecule has 0 amide bonds. The van der Waals surface area contributed by atoms with Crippen LogP contribution in [0.2, 0.25) is 0 Å². The molecule has 57 heavy (non-hydrogen) atoms. The first-order valence-electron chi connectivity index (χ1n) is 19.4. The first kappa shape index (κ1) is 32.8. The molecule has 0 saturated heterocycles. The van der Waals surface area contributed by atoms with E-state index >= 15 is 0 Å². The third kappa shape index (κ3) is 5.68. The van der Waals surface area contributed by atoms with Gasteiger partial charge in [0.05, 0.1) is 11.0 Å². The van der Waals surface area contributed by atoms with Crippen molar-refractivity contribution in [1.29, 1.82) is 0 Å². The topological polar surface area (TPSA) is 21.3 Å². The molecule has 2 heterocycles. The van der Waals surface area contributed by atoms with Gasteiger partial charge < -0.3 is 13.9 Å². The predicted octanol–water partition coefficient (Wildman–Crippen LogP) is 15.2. The van der Waals surface area contributed by atoms with E-state index in [4.69, 9.17) is 4.42 Å². The summed E-state index contributed by atoms with van der Waals surface area (Å²) in [6.07, 6.45) is 0. The molecule has 0 aliphatic carbocycles. The molecule has 0 saturated carbocycles. The molecule has 11 rings (SSSR count). The van der Waals surface area contributed by atoms with Crippen LogP contribution in [0.1, 0.15) is 0 Å². The molecule has 3 nitrogen and oxygen atoms in total. The van der Waals surface area contributed by atoms with Gasteiger partial charge in [-0.1, -0.05) is 146 Å². The zero-order valence-electron chi connectivity index (χ0n) is 31.1. The van der Waals surface area contributed by atoms with Crippen LogP contribution in [0.3, 0.4) is 0 Å². The number of anilines is 3. The summed E-state index contributed by atoms with van der Waals surface area (Å²) in [6.45, 7) is 0. The molecule has 0 bridgehead atoms. The van der Waals surface area contributed by atoms with E-state index in [9.17, 15) is 0 Å². The predicted molar refractivity (Wildman–Crippen MR) is 239 cm³/mol.